The van der Waals surface area contributed by atoms with E-state index in [9.17, 15) is 18.4 Å². The van der Waals surface area contributed by atoms with Crippen LogP contribution in [0.2, 0.25) is 0 Å². The van der Waals surface area contributed by atoms with Gasteiger partial charge in [-0.05, 0) is 19.2 Å². The number of nitrogens with one attached hydrogen (secondary N) is 2. The molecule has 0 fully saturated rings. The molecule has 0 aliphatic carbocycles. The number of hydrogen-bond acceptors (Lipinski definition) is 3. The summed E-state index contributed by atoms with van der Waals surface area (Å²) in [6, 6.07) is 1.05. The van der Waals surface area contributed by atoms with Gasteiger partial charge in [-0.2, -0.15) is 0 Å². The molecule has 0 aliphatic heterocycles. The van der Waals surface area contributed by atoms with Crippen molar-refractivity contribution in [2.24, 2.45) is 0 Å². The molecule has 1 aromatic rings. The maximum absolute atomic E-state index is 13.2. The number of halogens is 2. The van der Waals surface area contributed by atoms with E-state index in [1.807, 2.05) is 5.32 Å². The molecule has 7 heteroatoms. The molecule has 3 N–H and O–H groups in total. The van der Waals surface area contributed by atoms with Crippen LogP contribution in [0.1, 0.15) is 0 Å². The van der Waals surface area contributed by atoms with Gasteiger partial charge in [-0.15, -0.1) is 0 Å². The smallest absolute Gasteiger partial charge is 0.330 e. The SMILES string of the molecule is CNC(C(=O)O)C(=O)Nc1ccc(F)cc1F. The molecule has 5 nitrogen and oxygen atoms in total. The van der Waals surface area contributed by atoms with Crippen molar-refractivity contribution in [3.05, 3.63) is 29.8 Å². The Bertz CT molecular complexity index is 451. The van der Waals surface area contributed by atoms with Crippen molar-refractivity contribution in [2.75, 3.05) is 12.4 Å². The van der Waals surface area contributed by atoms with Crippen molar-refractivity contribution in [1.29, 1.82) is 0 Å². The van der Waals surface area contributed by atoms with Crippen LogP contribution in [0.4, 0.5) is 14.5 Å². The fourth-order valence-electron chi connectivity index (χ4n) is 1.16. The second kappa shape index (κ2) is 5.35. The van der Waals surface area contributed by atoms with Gasteiger partial charge in [0.15, 0.2) is 6.04 Å². The first-order valence-electron chi connectivity index (χ1n) is 4.61. The van der Waals surface area contributed by atoms with Gasteiger partial charge < -0.3 is 10.4 Å². The van der Waals surface area contributed by atoms with Crippen LogP contribution >= 0.6 is 0 Å². The Morgan fingerprint density at radius 1 is 1.35 bits per heavy atom. The highest BCUT2D eigenvalue weighted by Gasteiger charge is 2.24. The first-order valence-corrected chi connectivity index (χ1v) is 4.61. The molecule has 0 heterocycles. The molecule has 0 aromatic heterocycles. The van der Waals surface area contributed by atoms with Crippen molar-refractivity contribution in [3.8, 4) is 0 Å². The third-order valence-electron chi connectivity index (χ3n) is 1.99. The van der Waals surface area contributed by atoms with E-state index in [0.717, 1.165) is 12.1 Å². The molecule has 0 aliphatic rings. The van der Waals surface area contributed by atoms with Crippen LogP contribution < -0.4 is 10.6 Å². The maximum Gasteiger partial charge on any atom is 0.330 e. The molecule has 0 radical (unpaired) electrons. The molecule has 0 saturated carbocycles. The molecule has 1 atom stereocenters. The molecular weight excluding hydrogens is 234 g/mol. The summed E-state index contributed by atoms with van der Waals surface area (Å²) >= 11 is 0. The van der Waals surface area contributed by atoms with E-state index < -0.39 is 29.6 Å². The molecule has 0 bridgehead atoms. The second-order valence-electron chi connectivity index (χ2n) is 3.17. The Morgan fingerprint density at radius 3 is 2.47 bits per heavy atom. The molecule has 1 rings (SSSR count). The van der Waals surface area contributed by atoms with Gasteiger partial charge in [0, 0.05) is 6.07 Å². The number of rotatable bonds is 4. The predicted molar refractivity (Wildman–Crippen MR) is 55.5 cm³/mol. The summed E-state index contributed by atoms with van der Waals surface area (Å²) in [7, 11) is 1.28. The zero-order chi connectivity index (χ0) is 13.0. The summed E-state index contributed by atoms with van der Waals surface area (Å²) in [6.07, 6.45) is 0. The zero-order valence-electron chi connectivity index (χ0n) is 8.83. The minimum absolute atomic E-state index is 0.280. The van der Waals surface area contributed by atoms with E-state index in [0.29, 0.717) is 6.07 Å². The van der Waals surface area contributed by atoms with Crippen molar-refractivity contribution >= 4 is 17.6 Å². The molecule has 1 unspecified atom stereocenters. The Balaban J connectivity index is 2.84. The molecular formula is C10H10F2N2O3. The summed E-state index contributed by atoms with van der Waals surface area (Å²) in [5.41, 5.74) is -0.280. The van der Waals surface area contributed by atoms with Gasteiger partial charge in [0.1, 0.15) is 11.6 Å². The number of aliphatic carboxylic acids is 1. The van der Waals surface area contributed by atoms with E-state index in [2.05, 4.69) is 5.32 Å². The standard InChI is InChI=1S/C10H10F2N2O3/c1-13-8(10(16)17)9(15)14-7-3-2-5(11)4-6(7)12/h2-4,8,13H,1H3,(H,14,15)(H,16,17). The highest BCUT2D eigenvalue weighted by molar-refractivity contribution is 6.07. The lowest BCUT2D eigenvalue weighted by Crippen LogP contribution is -2.44. The third-order valence-corrected chi connectivity index (χ3v) is 1.99. The van der Waals surface area contributed by atoms with Crippen molar-refractivity contribution in [2.45, 2.75) is 6.04 Å². The average molecular weight is 244 g/mol. The Labute approximate surface area is 95.4 Å². The van der Waals surface area contributed by atoms with Gasteiger partial charge in [-0.1, -0.05) is 0 Å². The largest absolute Gasteiger partial charge is 0.480 e. The van der Waals surface area contributed by atoms with Gasteiger partial charge >= 0.3 is 5.97 Å². The molecule has 0 saturated heterocycles. The summed E-state index contributed by atoms with van der Waals surface area (Å²) in [5.74, 6) is -4.10. The van der Waals surface area contributed by atoms with Crippen LogP contribution in [0, 0.1) is 11.6 Å². The molecule has 1 aromatic carbocycles. The lowest BCUT2D eigenvalue weighted by molar-refractivity contribution is -0.142. The van der Waals surface area contributed by atoms with Crippen molar-refractivity contribution in [3.63, 3.8) is 0 Å². The minimum atomic E-state index is -1.50. The van der Waals surface area contributed by atoms with E-state index in [-0.39, 0.29) is 5.69 Å². The summed E-state index contributed by atoms with van der Waals surface area (Å²) in [6.45, 7) is 0. The average Bonchev–Trinajstić information content (AvgIpc) is 2.22. The number of amides is 1. The minimum Gasteiger partial charge on any atom is -0.480 e. The van der Waals surface area contributed by atoms with Gasteiger partial charge in [-0.3, -0.25) is 10.1 Å². The summed E-state index contributed by atoms with van der Waals surface area (Å²) in [5, 5.41) is 12.9. The topological polar surface area (TPSA) is 78.4 Å². The number of carboxylic acid groups (broad SMARTS) is 1. The zero-order valence-corrected chi connectivity index (χ0v) is 8.83. The Morgan fingerprint density at radius 2 is 2.00 bits per heavy atom. The first-order chi connectivity index (χ1) is 7.95. The van der Waals surface area contributed by atoms with Crippen molar-refractivity contribution in [1.82, 2.24) is 5.32 Å². The van der Waals surface area contributed by atoms with Crippen molar-refractivity contribution < 1.29 is 23.5 Å². The first kappa shape index (κ1) is 13.0. The van der Waals surface area contributed by atoms with E-state index >= 15 is 0 Å². The van der Waals surface area contributed by atoms with Gasteiger partial charge in [0.05, 0.1) is 5.69 Å². The molecule has 0 spiro atoms. The third kappa shape index (κ3) is 3.22. The number of benzene rings is 1. The highest BCUT2D eigenvalue weighted by atomic mass is 19.1. The van der Waals surface area contributed by atoms with Crippen LogP contribution in [0.5, 0.6) is 0 Å². The quantitative estimate of drug-likeness (QED) is 0.677. The lowest BCUT2D eigenvalue weighted by atomic mass is 10.2. The number of carboxylic acids is 1. The molecule has 92 valence electrons. The van der Waals surface area contributed by atoms with Gasteiger partial charge in [-0.25, -0.2) is 13.6 Å². The molecule has 1 amide bonds. The highest BCUT2D eigenvalue weighted by Crippen LogP contribution is 2.15. The lowest BCUT2D eigenvalue weighted by Gasteiger charge is -2.12. The Kier molecular flexibility index (Phi) is 4.11. The number of carbonyl (C=O) groups excluding carboxylic acids is 1. The number of likely N-dealkylation sites (N-methyl/N-ethyl adjacent to an activating group) is 1. The van der Waals surface area contributed by atoms with Crippen LogP contribution in [-0.2, 0) is 9.59 Å². The number of hydrogen-bond donors (Lipinski definition) is 3. The van der Waals surface area contributed by atoms with Crippen LogP contribution in [0.3, 0.4) is 0 Å². The van der Waals surface area contributed by atoms with Crippen LogP contribution in [0.15, 0.2) is 18.2 Å². The van der Waals surface area contributed by atoms with E-state index in [4.69, 9.17) is 5.11 Å². The normalized spacial score (nSPS) is 11.9. The van der Waals surface area contributed by atoms with Gasteiger partial charge in [0.25, 0.3) is 5.91 Å². The second-order valence-corrected chi connectivity index (χ2v) is 3.17. The van der Waals surface area contributed by atoms with E-state index in [1.54, 1.807) is 0 Å². The van der Waals surface area contributed by atoms with E-state index in [1.165, 1.54) is 7.05 Å². The van der Waals surface area contributed by atoms with Crippen LogP contribution in [0.25, 0.3) is 0 Å². The van der Waals surface area contributed by atoms with Gasteiger partial charge in [0.2, 0.25) is 0 Å². The molecule has 17 heavy (non-hydrogen) atoms. The fraction of sp³-hybridized carbons (Fsp3) is 0.200. The number of carbonyl (C=O) groups is 2. The fourth-order valence-corrected chi connectivity index (χ4v) is 1.16. The summed E-state index contributed by atoms with van der Waals surface area (Å²) in [4.78, 5) is 22.0. The monoisotopic (exact) mass is 244 g/mol. The Hall–Kier alpha value is -2.02. The van der Waals surface area contributed by atoms with Crippen LogP contribution in [-0.4, -0.2) is 30.1 Å². The predicted octanol–water partition coefficient (Wildman–Crippen LogP) is 0.576. The summed E-state index contributed by atoms with van der Waals surface area (Å²) < 4.78 is 25.7. The maximum atomic E-state index is 13.2. The number of anilines is 1.